The maximum atomic E-state index is 3.74. The van der Waals surface area contributed by atoms with E-state index in [0.29, 0.717) is 6.04 Å². The van der Waals surface area contributed by atoms with Gasteiger partial charge in [-0.25, -0.2) is 0 Å². The van der Waals surface area contributed by atoms with Gasteiger partial charge in [-0.05, 0) is 38.3 Å². The normalized spacial score (nSPS) is 23.4. The molecule has 1 aromatic heterocycles. The van der Waals surface area contributed by atoms with E-state index in [0.717, 1.165) is 0 Å². The van der Waals surface area contributed by atoms with E-state index < -0.39 is 0 Å². The number of rotatable bonds is 1. The Morgan fingerprint density at radius 3 is 2.76 bits per heavy atom. The summed E-state index contributed by atoms with van der Waals surface area (Å²) in [5.41, 5.74) is 3.06. The summed E-state index contributed by atoms with van der Waals surface area (Å²) < 4.78 is 2.23. The maximum absolute atomic E-state index is 3.74. The molecule has 0 spiro atoms. The third-order valence-corrected chi connectivity index (χ3v) is 3.93. The van der Waals surface area contributed by atoms with Crippen molar-refractivity contribution in [2.45, 2.75) is 38.3 Å². The Hall–Kier alpha value is -1.28. The fourth-order valence-electron chi connectivity index (χ4n) is 3.01. The average Bonchev–Trinajstić information content (AvgIpc) is 2.81. The number of benzene rings is 1. The fraction of sp³-hybridized carbons (Fsp3) is 0.467. The van der Waals surface area contributed by atoms with E-state index in [1.807, 2.05) is 0 Å². The summed E-state index contributed by atoms with van der Waals surface area (Å²) in [5, 5.41) is 5.13. The molecule has 90 valence electrons. The van der Waals surface area contributed by atoms with Crippen LogP contribution in [0.25, 0.3) is 10.9 Å². The molecular weight excluding hydrogens is 208 g/mol. The van der Waals surface area contributed by atoms with Gasteiger partial charge in [0.1, 0.15) is 0 Å². The predicted octanol–water partition coefficient (Wildman–Crippen LogP) is 3.38. The van der Waals surface area contributed by atoms with Crippen molar-refractivity contribution in [3.63, 3.8) is 0 Å². The summed E-state index contributed by atoms with van der Waals surface area (Å²) in [7, 11) is 2.13. The van der Waals surface area contributed by atoms with Crippen LogP contribution in [0.4, 0.5) is 0 Å². The van der Waals surface area contributed by atoms with Gasteiger partial charge in [0.15, 0.2) is 0 Å². The molecule has 1 aromatic carbocycles. The molecule has 0 saturated carbocycles. The van der Waals surface area contributed by atoms with Gasteiger partial charge in [-0.1, -0.05) is 18.2 Å². The molecule has 1 unspecified atom stereocenters. The third-order valence-electron chi connectivity index (χ3n) is 3.93. The highest BCUT2D eigenvalue weighted by Crippen LogP contribution is 2.36. The SMILES string of the molecule is Cn1cc(C2CCC(C)(C)N2)c2ccccc21. The number of aryl methyl sites for hydroxylation is 1. The van der Waals surface area contributed by atoms with Crippen LogP contribution in [0.15, 0.2) is 30.5 Å². The number of para-hydroxylation sites is 1. The van der Waals surface area contributed by atoms with Crippen LogP contribution in [0.2, 0.25) is 0 Å². The van der Waals surface area contributed by atoms with E-state index in [2.05, 4.69) is 61.2 Å². The van der Waals surface area contributed by atoms with Crippen LogP contribution in [0, 0.1) is 0 Å². The van der Waals surface area contributed by atoms with E-state index in [-0.39, 0.29) is 5.54 Å². The standard InChI is InChI=1S/C15H20N2/c1-15(2)9-8-13(16-15)12-10-17(3)14-7-5-4-6-11(12)14/h4-7,10,13,16H,8-9H2,1-3H3. The zero-order chi connectivity index (χ0) is 12.0. The van der Waals surface area contributed by atoms with E-state index in [4.69, 9.17) is 0 Å². The van der Waals surface area contributed by atoms with Crippen LogP contribution in [-0.4, -0.2) is 10.1 Å². The quantitative estimate of drug-likeness (QED) is 0.791. The Morgan fingerprint density at radius 1 is 1.29 bits per heavy atom. The lowest BCUT2D eigenvalue weighted by molar-refractivity contribution is 0.433. The minimum atomic E-state index is 0.279. The second-order valence-electron chi connectivity index (χ2n) is 5.83. The topological polar surface area (TPSA) is 17.0 Å². The van der Waals surface area contributed by atoms with E-state index in [9.17, 15) is 0 Å². The van der Waals surface area contributed by atoms with Crippen LogP contribution < -0.4 is 5.32 Å². The van der Waals surface area contributed by atoms with Gasteiger partial charge in [-0.15, -0.1) is 0 Å². The van der Waals surface area contributed by atoms with Gasteiger partial charge in [0.25, 0.3) is 0 Å². The van der Waals surface area contributed by atoms with Gasteiger partial charge in [-0.2, -0.15) is 0 Å². The van der Waals surface area contributed by atoms with Gasteiger partial charge in [-0.3, -0.25) is 0 Å². The molecular formula is C15H20N2. The second-order valence-corrected chi connectivity index (χ2v) is 5.83. The highest BCUT2D eigenvalue weighted by atomic mass is 15.0. The van der Waals surface area contributed by atoms with Gasteiger partial charge >= 0.3 is 0 Å². The number of hydrogen-bond acceptors (Lipinski definition) is 1. The van der Waals surface area contributed by atoms with Crippen molar-refractivity contribution in [2.24, 2.45) is 7.05 Å². The zero-order valence-electron chi connectivity index (χ0n) is 10.8. The summed E-state index contributed by atoms with van der Waals surface area (Å²) in [5.74, 6) is 0. The van der Waals surface area contributed by atoms with Crippen molar-refractivity contribution in [1.82, 2.24) is 9.88 Å². The zero-order valence-corrected chi connectivity index (χ0v) is 10.8. The molecule has 2 heteroatoms. The van der Waals surface area contributed by atoms with E-state index >= 15 is 0 Å². The Bertz CT molecular complexity index is 551. The van der Waals surface area contributed by atoms with Gasteiger partial charge in [0.2, 0.25) is 0 Å². The summed E-state index contributed by atoms with van der Waals surface area (Å²) in [6, 6.07) is 9.18. The van der Waals surface area contributed by atoms with Crippen molar-refractivity contribution >= 4 is 10.9 Å². The van der Waals surface area contributed by atoms with Gasteiger partial charge in [0, 0.05) is 35.7 Å². The van der Waals surface area contributed by atoms with Crippen LogP contribution in [0.3, 0.4) is 0 Å². The number of nitrogens with zero attached hydrogens (tertiary/aromatic N) is 1. The third kappa shape index (κ3) is 1.77. The first-order valence-electron chi connectivity index (χ1n) is 6.38. The van der Waals surface area contributed by atoms with Gasteiger partial charge in [0.05, 0.1) is 0 Å². The molecule has 2 nitrogen and oxygen atoms in total. The van der Waals surface area contributed by atoms with Crippen LogP contribution in [0.5, 0.6) is 0 Å². The lowest BCUT2D eigenvalue weighted by atomic mass is 10.0. The number of fused-ring (bicyclic) bond motifs is 1. The molecule has 0 radical (unpaired) electrons. The largest absolute Gasteiger partial charge is 0.350 e. The first-order chi connectivity index (χ1) is 8.07. The summed E-state index contributed by atoms with van der Waals surface area (Å²) >= 11 is 0. The molecule has 17 heavy (non-hydrogen) atoms. The molecule has 1 N–H and O–H groups in total. The molecule has 3 rings (SSSR count). The fourth-order valence-corrected chi connectivity index (χ4v) is 3.01. The smallest absolute Gasteiger partial charge is 0.0481 e. The Balaban J connectivity index is 2.07. The monoisotopic (exact) mass is 228 g/mol. The Kier molecular flexibility index (Phi) is 2.30. The molecule has 1 aliphatic heterocycles. The lowest BCUT2D eigenvalue weighted by Gasteiger charge is -2.20. The molecule has 1 fully saturated rings. The van der Waals surface area contributed by atoms with Crippen LogP contribution >= 0.6 is 0 Å². The van der Waals surface area contributed by atoms with E-state index in [1.165, 1.54) is 29.3 Å². The Labute approximate surface area is 103 Å². The number of nitrogens with one attached hydrogen (secondary N) is 1. The molecule has 1 saturated heterocycles. The predicted molar refractivity (Wildman–Crippen MR) is 72.1 cm³/mol. The molecule has 1 atom stereocenters. The molecule has 0 amide bonds. The maximum Gasteiger partial charge on any atom is 0.0481 e. The first-order valence-corrected chi connectivity index (χ1v) is 6.38. The number of hydrogen-bond donors (Lipinski definition) is 1. The first kappa shape index (κ1) is 10.8. The van der Waals surface area contributed by atoms with Crippen molar-refractivity contribution in [2.75, 3.05) is 0 Å². The van der Waals surface area contributed by atoms with Crippen LogP contribution in [-0.2, 0) is 7.05 Å². The summed E-state index contributed by atoms with van der Waals surface area (Å²) in [6.45, 7) is 4.58. The minimum absolute atomic E-state index is 0.279. The molecule has 1 aliphatic rings. The van der Waals surface area contributed by atoms with Crippen molar-refractivity contribution in [3.05, 3.63) is 36.0 Å². The van der Waals surface area contributed by atoms with Crippen molar-refractivity contribution < 1.29 is 0 Å². The highest BCUT2D eigenvalue weighted by molar-refractivity contribution is 5.84. The molecule has 2 heterocycles. The summed E-state index contributed by atoms with van der Waals surface area (Å²) in [6.07, 6.45) is 4.77. The summed E-state index contributed by atoms with van der Waals surface area (Å²) in [4.78, 5) is 0. The Morgan fingerprint density at radius 2 is 2.06 bits per heavy atom. The van der Waals surface area contributed by atoms with Gasteiger partial charge < -0.3 is 9.88 Å². The van der Waals surface area contributed by atoms with E-state index in [1.54, 1.807) is 0 Å². The van der Waals surface area contributed by atoms with Crippen molar-refractivity contribution in [3.8, 4) is 0 Å². The van der Waals surface area contributed by atoms with Crippen LogP contribution in [0.1, 0.15) is 38.3 Å². The molecule has 0 aliphatic carbocycles. The molecule has 0 bridgehead atoms. The second kappa shape index (κ2) is 3.61. The van der Waals surface area contributed by atoms with Crippen molar-refractivity contribution in [1.29, 1.82) is 0 Å². The molecule has 2 aromatic rings. The number of aromatic nitrogens is 1. The highest BCUT2D eigenvalue weighted by Gasteiger charge is 2.31. The average molecular weight is 228 g/mol. The minimum Gasteiger partial charge on any atom is -0.350 e. The lowest BCUT2D eigenvalue weighted by Crippen LogP contribution is -2.33.